The summed E-state index contributed by atoms with van der Waals surface area (Å²) in [6, 6.07) is 8.59. The molecule has 2 fully saturated rings. The highest BCUT2D eigenvalue weighted by molar-refractivity contribution is 9.10. The molecule has 13 nitrogen and oxygen atoms in total. The summed E-state index contributed by atoms with van der Waals surface area (Å²) in [7, 11) is 2.67. The molecule has 6 rings (SSSR count). The number of benzene rings is 2. The average Bonchev–Trinajstić information content (AvgIpc) is 3.03. The molecule has 47 heavy (non-hydrogen) atoms. The van der Waals surface area contributed by atoms with Crippen molar-refractivity contribution in [2.75, 3.05) is 91.8 Å². The lowest BCUT2D eigenvalue weighted by Gasteiger charge is -2.43. The number of sulfonamides is 1. The largest absolute Gasteiger partial charge is 0.376 e. The first-order valence-corrected chi connectivity index (χ1v) is 18.4. The summed E-state index contributed by atoms with van der Waals surface area (Å²) in [5.41, 5.74) is 6.08. The van der Waals surface area contributed by atoms with Crippen molar-refractivity contribution < 1.29 is 8.42 Å². The van der Waals surface area contributed by atoms with Gasteiger partial charge in [-0.1, -0.05) is 0 Å². The molecule has 4 aromatic rings. The summed E-state index contributed by atoms with van der Waals surface area (Å²) in [5.74, 6) is 0.836. The van der Waals surface area contributed by atoms with E-state index in [9.17, 15) is 8.42 Å². The molecule has 0 aliphatic carbocycles. The lowest BCUT2D eigenvalue weighted by molar-refractivity contribution is 0.0982. The van der Waals surface area contributed by atoms with Gasteiger partial charge >= 0.3 is 0 Å². The Morgan fingerprint density at radius 3 is 2.36 bits per heavy atom. The Kier molecular flexibility index (Phi) is 9.69. The van der Waals surface area contributed by atoms with Crippen molar-refractivity contribution in [3.8, 4) is 0 Å². The van der Waals surface area contributed by atoms with Crippen molar-refractivity contribution in [2.24, 2.45) is 0 Å². The van der Waals surface area contributed by atoms with Crippen LogP contribution in [0.4, 0.5) is 40.2 Å². The Bertz CT molecular complexity index is 1860. The van der Waals surface area contributed by atoms with Crippen LogP contribution in [-0.2, 0) is 10.0 Å². The molecule has 0 bridgehead atoms. The molecule has 2 aliphatic rings. The van der Waals surface area contributed by atoms with Crippen LogP contribution in [0.5, 0.6) is 0 Å². The van der Waals surface area contributed by atoms with E-state index in [0.717, 1.165) is 56.9 Å². The molecule has 0 unspecified atom stereocenters. The van der Waals surface area contributed by atoms with Crippen LogP contribution in [0.3, 0.4) is 0 Å². The van der Waals surface area contributed by atoms with Crippen LogP contribution in [0, 0.1) is 6.92 Å². The highest BCUT2D eigenvalue weighted by atomic mass is 79.9. The fourth-order valence-electron chi connectivity index (χ4n) is 6.35. The van der Waals surface area contributed by atoms with Crippen molar-refractivity contribution in [1.29, 1.82) is 0 Å². The number of anilines is 7. The Hall–Kier alpha value is -3.79. The van der Waals surface area contributed by atoms with E-state index in [1.807, 2.05) is 14.1 Å². The summed E-state index contributed by atoms with van der Waals surface area (Å²) >= 11 is 3.54. The number of fused-ring (bicyclic) bond motifs is 1. The molecular weight excluding hydrogens is 682 g/mol. The second kappa shape index (κ2) is 13.7. The minimum atomic E-state index is -3.61. The monoisotopic (exact) mass is 723 g/mol. The molecule has 15 heteroatoms. The third kappa shape index (κ3) is 7.69. The molecule has 2 aliphatic heterocycles. The van der Waals surface area contributed by atoms with Crippen molar-refractivity contribution in [1.82, 2.24) is 29.7 Å². The Morgan fingerprint density at radius 2 is 1.66 bits per heavy atom. The van der Waals surface area contributed by atoms with E-state index in [-0.39, 0.29) is 5.69 Å². The maximum Gasteiger partial charge on any atom is 0.229 e. The quantitative estimate of drug-likeness (QED) is 0.222. The first-order chi connectivity index (χ1) is 22.4. The first-order valence-electron chi connectivity index (χ1n) is 15.7. The third-order valence-corrected chi connectivity index (χ3v) is 9.98. The molecule has 0 saturated carbocycles. The molecule has 0 amide bonds. The highest BCUT2D eigenvalue weighted by Crippen LogP contribution is 2.37. The number of nitrogens with one attached hydrogen (secondary N) is 3. The van der Waals surface area contributed by atoms with Gasteiger partial charge in [-0.25, -0.2) is 13.4 Å². The standard InChI is InChI=1S/C32H42BrN11O2S/c1-21-18-26(28(41(2)3)19-27(21)44-12-8-22(9-13-44)43-16-14-42(4)15-17-43)38-32-36-20-23(33)31(39-32)37-25-7-6-24-29(35-11-10-34-24)30(25)40-47(5,45)46/h6-7,10-11,18-20,22,40H,8-9,12-17H2,1-5H3,(H2,36,37,38,39). The van der Waals surface area contributed by atoms with Crippen molar-refractivity contribution in [2.45, 2.75) is 25.8 Å². The molecule has 3 N–H and O–H groups in total. The van der Waals surface area contributed by atoms with E-state index >= 15 is 0 Å². The number of hydrogen-bond acceptors (Lipinski definition) is 12. The SMILES string of the molecule is Cc1cc(Nc2ncc(Br)c(Nc3ccc4nccnc4c3NS(C)(=O)=O)n2)c(N(C)C)cc1N1CCC(N2CCN(C)CC2)CC1. The normalized spacial score (nSPS) is 16.8. The van der Waals surface area contributed by atoms with Crippen LogP contribution in [0.1, 0.15) is 18.4 Å². The van der Waals surface area contributed by atoms with Gasteiger partial charge in [-0.3, -0.25) is 19.6 Å². The molecule has 0 spiro atoms. The number of nitrogens with zero attached hydrogens (tertiary/aromatic N) is 8. The van der Waals surface area contributed by atoms with E-state index in [0.29, 0.717) is 39.0 Å². The second-order valence-corrected chi connectivity index (χ2v) is 15.1. The van der Waals surface area contributed by atoms with Crippen LogP contribution in [0.25, 0.3) is 11.0 Å². The fourth-order valence-corrected chi connectivity index (χ4v) is 7.22. The minimum Gasteiger partial charge on any atom is -0.376 e. The lowest BCUT2D eigenvalue weighted by Crippen LogP contribution is -2.52. The van der Waals surface area contributed by atoms with Crippen molar-refractivity contribution in [3.63, 3.8) is 0 Å². The molecular formula is C32H42BrN11O2S. The number of piperidine rings is 1. The Morgan fingerprint density at radius 1 is 0.936 bits per heavy atom. The van der Waals surface area contributed by atoms with Crippen LogP contribution in [0.2, 0.25) is 0 Å². The van der Waals surface area contributed by atoms with Crippen LogP contribution in [-0.4, -0.2) is 111 Å². The average molecular weight is 725 g/mol. The lowest BCUT2D eigenvalue weighted by atomic mass is 10.00. The summed E-state index contributed by atoms with van der Waals surface area (Å²) in [4.78, 5) is 27.7. The van der Waals surface area contributed by atoms with Crippen LogP contribution in [0.15, 0.2) is 47.3 Å². The summed E-state index contributed by atoms with van der Waals surface area (Å²) < 4.78 is 27.7. The fraction of sp³-hybridized carbons (Fsp3) is 0.438. The van der Waals surface area contributed by atoms with E-state index in [1.54, 1.807) is 24.5 Å². The van der Waals surface area contributed by atoms with Gasteiger partial charge in [-0.15, -0.1) is 0 Å². The summed E-state index contributed by atoms with van der Waals surface area (Å²) in [5, 5.41) is 6.68. The topological polar surface area (TPSA) is 135 Å². The van der Waals surface area contributed by atoms with E-state index in [4.69, 9.17) is 4.98 Å². The van der Waals surface area contributed by atoms with Gasteiger partial charge in [-0.2, -0.15) is 4.98 Å². The zero-order valence-corrected chi connectivity index (χ0v) is 29.9. The molecule has 250 valence electrons. The highest BCUT2D eigenvalue weighted by Gasteiger charge is 2.28. The molecule has 2 aromatic heterocycles. The van der Waals surface area contributed by atoms with Gasteiger partial charge in [0.2, 0.25) is 16.0 Å². The number of aryl methyl sites for hydroxylation is 1. The van der Waals surface area contributed by atoms with Gasteiger partial charge in [0.1, 0.15) is 11.3 Å². The smallest absolute Gasteiger partial charge is 0.229 e. The maximum atomic E-state index is 12.3. The molecule has 2 saturated heterocycles. The second-order valence-electron chi connectivity index (χ2n) is 12.5. The van der Waals surface area contributed by atoms with Gasteiger partial charge in [0, 0.05) is 83.7 Å². The van der Waals surface area contributed by atoms with E-state index in [2.05, 4.69) is 91.9 Å². The molecule has 0 atom stereocenters. The maximum absolute atomic E-state index is 12.3. The van der Waals surface area contributed by atoms with Crippen molar-refractivity contribution in [3.05, 3.63) is 52.9 Å². The molecule has 0 radical (unpaired) electrons. The van der Waals surface area contributed by atoms with Gasteiger partial charge in [0.25, 0.3) is 0 Å². The number of rotatable bonds is 9. The summed E-state index contributed by atoms with van der Waals surface area (Å²) in [6.07, 6.45) is 8.19. The zero-order chi connectivity index (χ0) is 33.3. The third-order valence-electron chi connectivity index (χ3n) is 8.83. The number of likely N-dealkylation sites (N-methyl/N-ethyl adjacent to an activating group) is 1. The number of piperazine rings is 1. The van der Waals surface area contributed by atoms with E-state index < -0.39 is 10.0 Å². The van der Waals surface area contributed by atoms with Gasteiger partial charge < -0.3 is 25.3 Å². The molecule has 4 heterocycles. The number of aromatic nitrogens is 4. The molecule has 2 aromatic carbocycles. The van der Waals surface area contributed by atoms with E-state index in [1.165, 1.54) is 30.3 Å². The Labute approximate surface area is 285 Å². The van der Waals surface area contributed by atoms with Gasteiger partial charge in [0.05, 0.1) is 39.0 Å². The first kappa shape index (κ1) is 33.1. The number of hydrogen-bond donors (Lipinski definition) is 3. The van der Waals surface area contributed by atoms with Gasteiger partial charge in [-0.05, 0) is 72.6 Å². The number of halogens is 1. The van der Waals surface area contributed by atoms with Crippen LogP contribution < -0.4 is 25.2 Å². The van der Waals surface area contributed by atoms with Crippen LogP contribution >= 0.6 is 15.9 Å². The van der Waals surface area contributed by atoms with Gasteiger partial charge in [0.15, 0.2) is 0 Å². The zero-order valence-electron chi connectivity index (χ0n) is 27.5. The predicted molar refractivity (Wildman–Crippen MR) is 194 cm³/mol. The predicted octanol–water partition coefficient (Wildman–Crippen LogP) is 4.63. The summed E-state index contributed by atoms with van der Waals surface area (Å²) in [6.45, 7) is 8.87. The van der Waals surface area contributed by atoms with Crippen molar-refractivity contribution >= 4 is 77.2 Å². The Balaban J connectivity index is 1.23. The minimum absolute atomic E-state index is 0.284.